The topological polar surface area (TPSA) is 52.9 Å². The van der Waals surface area contributed by atoms with Crippen LogP contribution in [0.15, 0.2) is 30.3 Å². The van der Waals surface area contributed by atoms with E-state index < -0.39 is 6.10 Å². The van der Waals surface area contributed by atoms with Crippen LogP contribution in [0, 0.1) is 0 Å². The van der Waals surface area contributed by atoms with Crippen molar-refractivity contribution >= 4 is 0 Å². The molecule has 0 aliphatic rings. The molecule has 0 aliphatic carbocycles. The van der Waals surface area contributed by atoms with Crippen LogP contribution >= 0.6 is 0 Å². The molecule has 1 unspecified atom stereocenters. The third-order valence-electron chi connectivity index (χ3n) is 2.52. The first-order valence-electron chi connectivity index (χ1n) is 5.95. The SMILES string of the molecule is CCN(CCO)CC(O)COc1ccccc1. The lowest BCUT2D eigenvalue weighted by molar-refractivity contribution is 0.0638. The van der Waals surface area contributed by atoms with Crippen LogP contribution in [0.25, 0.3) is 0 Å². The molecular weight excluding hydrogens is 218 g/mol. The zero-order valence-electron chi connectivity index (χ0n) is 10.2. The van der Waals surface area contributed by atoms with Crippen LogP contribution < -0.4 is 4.74 Å². The molecule has 0 bridgehead atoms. The largest absolute Gasteiger partial charge is 0.491 e. The minimum atomic E-state index is -0.540. The summed E-state index contributed by atoms with van der Waals surface area (Å²) in [5.74, 6) is 0.761. The number of aliphatic hydroxyl groups excluding tert-OH is 2. The Bertz CT molecular complexity index is 292. The maximum atomic E-state index is 9.79. The van der Waals surface area contributed by atoms with E-state index in [9.17, 15) is 5.11 Å². The number of rotatable bonds is 8. The monoisotopic (exact) mass is 239 g/mol. The molecule has 1 rings (SSSR count). The van der Waals surface area contributed by atoms with Crippen molar-refractivity contribution in [2.24, 2.45) is 0 Å². The number of ether oxygens (including phenoxy) is 1. The van der Waals surface area contributed by atoms with Gasteiger partial charge in [0.15, 0.2) is 0 Å². The van der Waals surface area contributed by atoms with Crippen molar-refractivity contribution in [2.45, 2.75) is 13.0 Å². The maximum absolute atomic E-state index is 9.79. The second-order valence-electron chi connectivity index (χ2n) is 3.89. The van der Waals surface area contributed by atoms with Gasteiger partial charge in [0.1, 0.15) is 18.5 Å². The summed E-state index contributed by atoms with van der Waals surface area (Å²) in [6.45, 7) is 4.29. The fraction of sp³-hybridized carbons (Fsp3) is 0.538. The molecule has 96 valence electrons. The Morgan fingerprint density at radius 3 is 2.59 bits per heavy atom. The Labute approximate surface area is 102 Å². The molecule has 0 saturated heterocycles. The van der Waals surface area contributed by atoms with Crippen LogP contribution in [0.3, 0.4) is 0 Å². The highest BCUT2D eigenvalue weighted by Crippen LogP contribution is 2.08. The van der Waals surface area contributed by atoms with E-state index in [2.05, 4.69) is 0 Å². The smallest absolute Gasteiger partial charge is 0.119 e. The number of likely N-dealkylation sites (N-methyl/N-ethyl adjacent to an activating group) is 1. The number of hydrogen-bond donors (Lipinski definition) is 2. The standard InChI is InChI=1S/C13H21NO3/c1-2-14(8-9-15)10-12(16)11-17-13-6-4-3-5-7-13/h3-7,12,15-16H,2,8-11H2,1H3. The highest BCUT2D eigenvalue weighted by Gasteiger charge is 2.10. The zero-order valence-corrected chi connectivity index (χ0v) is 10.2. The Hall–Kier alpha value is -1.10. The van der Waals surface area contributed by atoms with E-state index in [1.165, 1.54) is 0 Å². The minimum Gasteiger partial charge on any atom is -0.491 e. The van der Waals surface area contributed by atoms with Gasteiger partial charge in [-0.2, -0.15) is 0 Å². The summed E-state index contributed by atoms with van der Waals surface area (Å²) in [6, 6.07) is 9.43. The molecule has 0 aliphatic heterocycles. The molecule has 0 amide bonds. The van der Waals surface area contributed by atoms with Crippen molar-refractivity contribution in [3.63, 3.8) is 0 Å². The van der Waals surface area contributed by atoms with Gasteiger partial charge in [-0.25, -0.2) is 0 Å². The highest BCUT2D eigenvalue weighted by molar-refractivity contribution is 5.20. The quantitative estimate of drug-likeness (QED) is 0.702. The third-order valence-corrected chi connectivity index (χ3v) is 2.52. The van der Waals surface area contributed by atoms with Crippen molar-refractivity contribution in [3.8, 4) is 5.75 Å². The summed E-state index contributed by atoms with van der Waals surface area (Å²) in [6.07, 6.45) is -0.540. The van der Waals surface area contributed by atoms with Crippen molar-refractivity contribution < 1.29 is 14.9 Å². The van der Waals surface area contributed by atoms with E-state index in [1.54, 1.807) is 0 Å². The second-order valence-corrected chi connectivity index (χ2v) is 3.89. The van der Waals surface area contributed by atoms with Crippen molar-refractivity contribution in [1.82, 2.24) is 4.90 Å². The lowest BCUT2D eigenvalue weighted by Crippen LogP contribution is -2.37. The molecule has 4 nitrogen and oxygen atoms in total. The number of para-hydroxylation sites is 1. The summed E-state index contributed by atoms with van der Waals surface area (Å²) in [4.78, 5) is 1.99. The second kappa shape index (κ2) is 8.06. The average molecular weight is 239 g/mol. The number of benzene rings is 1. The van der Waals surface area contributed by atoms with Gasteiger partial charge in [-0.15, -0.1) is 0 Å². The van der Waals surface area contributed by atoms with E-state index in [-0.39, 0.29) is 13.2 Å². The van der Waals surface area contributed by atoms with Crippen LogP contribution in [0.4, 0.5) is 0 Å². The van der Waals surface area contributed by atoms with Crippen LogP contribution in [0.2, 0.25) is 0 Å². The van der Waals surface area contributed by atoms with Gasteiger partial charge in [0.05, 0.1) is 6.61 Å². The first kappa shape index (κ1) is 14.0. The normalized spacial score (nSPS) is 12.7. The molecule has 0 spiro atoms. The van der Waals surface area contributed by atoms with Gasteiger partial charge in [0, 0.05) is 13.1 Å². The molecule has 17 heavy (non-hydrogen) atoms. The van der Waals surface area contributed by atoms with Gasteiger partial charge in [-0.1, -0.05) is 25.1 Å². The lowest BCUT2D eigenvalue weighted by Gasteiger charge is -2.22. The van der Waals surface area contributed by atoms with Crippen molar-refractivity contribution in [3.05, 3.63) is 30.3 Å². The van der Waals surface area contributed by atoms with Gasteiger partial charge in [-0.05, 0) is 18.7 Å². The minimum absolute atomic E-state index is 0.111. The first-order chi connectivity index (χ1) is 8.26. The van der Waals surface area contributed by atoms with Gasteiger partial charge in [0.2, 0.25) is 0 Å². The Kier molecular flexibility index (Phi) is 6.62. The van der Waals surface area contributed by atoms with E-state index in [4.69, 9.17) is 9.84 Å². The number of hydrogen-bond acceptors (Lipinski definition) is 4. The van der Waals surface area contributed by atoms with Crippen LogP contribution in [0.1, 0.15) is 6.92 Å². The summed E-state index contributed by atoms with van der Waals surface area (Å²) in [7, 11) is 0. The number of nitrogens with zero attached hydrogens (tertiary/aromatic N) is 1. The van der Waals surface area contributed by atoms with Gasteiger partial charge in [-0.3, -0.25) is 4.90 Å². The van der Waals surface area contributed by atoms with E-state index in [0.717, 1.165) is 12.3 Å². The van der Waals surface area contributed by atoms with Crippen molar-refractivity contribution in [1.29, 1.82) is 0 Å². The molecule has 4 heteroatoms. The molecule has 2 N–H and O–H groups in total. The Morgan fingerprint density at radius 1 is 1.29 bits per heavy atom. The predicted molar refractivity (Wildman–Crippen MR) is 67.1 cm³/mol. The lowest BCUT2D eigenvalue weighted by atomic mass is 10.3. The van der Waals surface area contributed by atoms with Crippen LogP contribution in [-0.2, 0) is 0 Å². The molecular formula is C13H21NO3. The molecule has 1 atom stereocenters. The maximum Gasteiger partial charge on any atom is 0.119 e. The summed E-state index contributed by atoms with van der Waals surface area (Å²) >= 11 is 0. The summed E-state index contributed by atoms with van der Waals surface area (Å²) < 4.78 is 5.45. The molecule has 0 fully saturated rings. The molecule has 1 aromatic rings. The third kappa shape index (κ3) is 5.68. The molecule has 0 radical (unpaired) electrons. The van der Waals surface area contributed by atoms with E-state index in [0.29, 0.717) is 13.1 Å². The molecule has 0 aromatic heterocycles. The molecule has 0 heterocycles. The first-order valence-corrected chi connectivity index (χ1v) is 5.95. The highest BCUT2D eigenvalue weighted by atomic mass is 16.5. The fourth-order valence-electron chi connectivity index (χ4n) is 1.58. The van der Waals surface area contributed by atoms with Gasteiger partial charge < -0.3 is 14.9 Å². The fourth-order valence-corrected chi connectivity index (χ4v) is 1.58. The van der Waals surface area contributed by atoms with Gasteiger partial charge in [0.25, 0.3) is 0 Å². The zero-order chi connectivity index (χ0) is 12.5. The summed E-state index contributed by atoms with van der Waals surface area (Å²) in [5, 5.41) is 18.6. The summed E-state index contributed by atoms with van der Waals surface area (Å²) in [5.41, 5.74) is 0. The Morgan fingerprint density at radius 2 is 2.00 bits per heavy atom. The number of aliphatic hydroxyl groups is 2. The molecule has 1 aromatic carbocycles. The van der Waals surface area contributed by atoms with Crippen molar-refractivity contribution in [2.75, 3.05) is 32.8 Å². The van der Waals surface area contributed by atoms with E-state index >= 15 is 0 Å². The van der Waals surface area contributed by atoms with Crippen LogP contribution in [-0.4, -0.2) is 54.1 Å². The molecule has 0 saturated carbocycles. The van der Waals surface area contributed by atoms with E-state index in [1.807, 2.05) is 42.2 Å². The Balaban J connectivity index is 2.27. The average Bonchev–Trinajstić information content (AvgIpc) is 2.37. The predicted octanol–water partition coefficient (Wildman–Crippen LogP) is 0.740. The van der Waals surface area contributed by atoms with Gasteiger partial charge >= 0.3 is 0 Å². The van der Waals surface area contributed by atoms with Crippen LogP contribution in [0.5, 0.6) is 5.75 Å².